The van der Waals surface area contributed by atoms with Crippen LogP contribution < -0.4 is 0 Å². The van der Waals surface area contributed by atoms with E-state index in [9.17, 15) is 0 Å². The molecule has 20 rings (SSSR count). The normalized spacial score (nSPS) is 11.8. The first-order valence-corrected chi connectivity index (χ1v) is 34.3. The lowest BCUT2D eigenvalue weighted by Crippen LogP contribution is -2.00. The zero-order valence-electron chi connectivity index (χ0n) is 54.5. The van der Waals surface area contributed by atoms with Crippen LogP contribution in [0.4, 0.5) is 0 Å². The first-order chi connectivity index (χ1) is 49.6. The van der Waals surface area contributed by atoms with Crippen molar-refractivity contribution in [3.63, 3.8) is 0 Å². The van der Waals surface area contributed by atoms with Crippen LogP contribution in [0.3, 0.4) is 0 Å². The minimum atomic E-state index is 0.899. The van der Waals surface area contributed by atoms with Gasteiger partial charge in [0.05, 0.1) is 55.5 Å². The standard InChI is InChI=1S/C95H61N5/c1-3-23-62(24-4-1)72-58-86(67-25-5-2-6-26-67)96-87(59-72)73-52-68(63-43-47-65(48-44-63)70-54-74(97-88-35-15-7-27-78(88)79-28-8-16-36-89(79)97)60-75(55-70)98-90-37-17-9-29-80(90)81-30-10-18-38-91(81)98)51-69(53-73)64-45-49-66(50-46-64)71-56-76(99-92-39-19-11-31-82(92)83-32-12-20-40-93(83)99)61-77(57-71)100-94-41-21-13-33-84(94)85-34-14-22-42-95(85)100/h1-61H. The molecule has 0 N–H and O–H groups in total. The predicted molar refractivity (Wildman–Crippen MR) is 420 cm³/mol. The van der Waals surface area contributed by atoms with E-state index in [2.05, 4.69) is 388 Å². The monoisotopic (exact) mass is 1270 g/mol. The number of para-hydroxylation sites is 8. The van der Waals surface area contributed by atoms with E-state index in [1.54, 1.807) is 0 Å². The molecule has 0 aliphatic heterocycles. The summed E-state index contributed by atoms with van der Waals surface area (Å²) in [5.41, 5.74) is 28.8. The Hall–Kier alpha value is -13.4. The maximum atomic E-state index is 5.54. The first-order valence-electron chi connectivity index (χ1n) is 34.3. The molecule has 0 amide bonds. The highest BCUT2D eigenvalue weighted by Gasteiger charge is 2.22. The van der Waals surface area contributed by atoms with Gasteiger partial charge in [0.15, 0.2) is 0 Å². The Labute approximate surface area is 577 Å². The van der Waals surface area contributed by atoms with E-state index < -0.39 is 0 Å². The summed E-state index contributed by atoms with van der Waals surface area (Å²) in [6, 6.07) is 136. The summed E-state index contributed by atoms with van der Waals surface area (Å²) < 4.78 is 9.77. The SMILES string of the molecule is c1ccc(-c2cc(-c3ccccc3)nc(-c3cc(-c4ccc(-c5cc(-n6c7ccccc7c7ccccc76)cc(-n6c7ccccc7c7ccccc76)c5)cc4)cc(-c4ccc(-c5cc(-n6c7ccccc7c7ccccc76)cc(-n6c7ccccc7c7ccccc76)c5)cc4)c3)c2)cc1. The van der Waals surface area contributed by atoms with Crippen LogP contribution in [0.15, 0.2) is 370 Å². The molecule has 0 atom stereocenters. The highest BCUT2D eigenvalue weighted by Crippen LogP contribution is 2.43. The highest BCUT2D eigenvalue weighted by molar-refractivity contribution is 6.13. The van der Waals surface area contributed by atoms with Gasteiger partial charge in [-0.05, 0) is 171 Å². The summed E-state index contributed by atoms with van der Waals surface area (Å²) >= 11 is 0. The van der Waals surface area contributed by atoms with Crippen LogP contribution in [0.1, 0.15) is 0 Å². The van der Waals surface area contributed by atoms with Crippen LogP contribution in [0.5, 0.6) is 0 Å². The summed E-state index contributed by atoms with van der Waals surface area (Å²) in [5.74, 6) is 0. The van der Waals surface area contributed by atoms with Crippen LogP contribution in [0, 0.1) is 0 Å². The topological polar surface area (TPSA) is 32.6 Å². The van der Waals surface area contributed by atoms with Crippen molar-refractivity contribution in [2.24, 2.45) is 0 Å². The lowest BCUT2D eigenvalue weighted by Gasteiger charge is -2.17. The second-order valence-electron chi connectivity index (χ2n) is 26.3. The molecule has 5 aromatic heterocycles. The van der Waals surface area contributed by atoms with Gasteiger partial charge in [0.25, 0.3) is 0 Å². The number of rotatable bonds is 11. The Bertz CT molecular complexity index is 5750. The van der Waals surface area contributed by atoms with Gasteiger partial charge < -0.3 is 18.3 Å². The number of hydrogen-bond acceptors (Lipinski definition) is 1. The van der Waals surface area contributed by atoms with Crippen molar-refractivity contribution in [2.75, 3.05) is 0 Å². The third-order valence-electron chi connectivity index (χ3n) is 20.5. The Kier molecular flexibility index (Phi) is 13.2. The maximum Gasteiger partial charge on any atom is 0.0716 e. The van der Waals surface area contributed by atoms with Crippen molar-refractivity contribution in [3.8, 4) is 101 Å². The van der Waals surface area contributed by atoms with Crippen molar-refractivity contribution < 1.29 is 0 Å². The van der Waals surface area contributed by atoms with Crippen LogP contribution in [-0.4, -0.2) is 23.3 Å². The fourth-order valence-corrected chi connectivity index (χ4v) is 15.9. The van der Waals surface area contributed by atoms with Crippen molar-refractivity contribution in [1.29, 1.82) is 0 Å². The molecule has 100 heavy (non-hydrogen) atoms. The largest absolute Gasteiger partial charge is 0.309 e. The Morgan fingerprint density at radius 3 is 0.620 bits per heavy atom. The zero-order chi connectivity index (χ0) is 65.8. The summed E-state index contributed by atoms with van der Waals surface area (Å²) in [6.07, 6.45) is 0. The van der Waals surface area contributed by atoms with Gasteiger partial charge in [-0.15, -0.1) is 0 Å². The fraction of sp³-hybridized carbons (Fsp3) is 0. The second kappa shape index (κ2) is 23.2. The smallest absolute Gasteiger partial charge is 0.0716 e. The minimum Gasteiger partial charge on any atom is -0.309 e. The van der Waals surface area contributed by atoms with Gasteiger partial charge in [-0.1, -0.05) is 255 Å². The van der Waals surface area contributed by atoms with E-state index in [0.717, 1.165) is 101 Å². The van der Waals surface area contributed by atoms with Gasteiger partial charge in [-0.3, -0.25) is 0 Å². The average molecular weight is 1270 g/mol. The van der Waals surface area contributed by atoms with Gasteiger partial charge in [-0.25, -0.2) is 4.98 Å². The first kappa shape index (κ1) is 56.9. The van der Waals surface area contributed by atoms with Crippen LogP contribution in [-0.2, 0) is 0 Å². The van der Waals surface area contributed by atoms with Crippen molar-refractivity contribution in [3.05, 3.63) is 370 Å². The van der Waals surface area contributed by atoms with E-state index in [4.69, 9.17) is 4.98 Å². The van der Waals surface area contributed by atoms with Gasteiger partial charge in [0, 0.05) is 77.0 Å². The van der Waals surface area contributed by atoms with E-state index in [-0.39, 0.29) is 0 Å². The van der Waals surface area contributed by atoms with Crippen molar-refractivity contribution >= 4 is 87.2 Å². The Balaban J connectivity index is 0.753. The lowest BCUT2D eigenvalue weighted by atomic mass is 9.92. The van der Waals surface area contributed by atoms with Gasteiger partial charge in [0.2, 0.25) is 0 Å². The zero-order valence-corrected chi connectivity index (χ0v) is 54.5. The summed E-state index contributed by atoms with van der Waals surface area (Å²) in [6.45, 7) is 0. The molecule has 5 nitrogen and oxygen atoms in total. The van der Waals surface area contributed by atoms with Crippen LogP contribution in [0.25, 0.3) is 188 Å². The van der Waals surface area contributed by atoms with Gasteiger partial charge in [-0.2, -0.15) is 0 Å². The molecule has 0 radical (unpaired) electrons. The molecule has 15 aromatic carbocycles. The average Bonchev–Trinajstić information content (AvgIpc) is 1.58. The molecule has 0 aliphatic carbocycles. The number of aromatic nitrogens is 5. The summed E-state index contributed by atoms with van der Waals surface area (Å²) in [5, 5.41) is 9.84. The van der Waals surface area contributed by atoms with E-state index in [1.165, 1.54) is 87.2 Å². The maximum absolute atomic E-state index is 5.54. The number of hydrogen-bond donors (Lipinski definition) is 0. The van der Waals surface area contributed by atoms with Crippen LogP contribution >= 0.6 is 0 Å². The molecule has 20 aromatic rings. The van der Waals surface area contributed by atoms with Crippen LogP contribution in [0.2, 0.25) is 0 Å². The molecule has 0 fully saturated rings. The second-order valence-corrected chi connectivity index (χ2v) is 26.3. The molecule has 5 heteroatoms. The molecule has 466 valence electrons. The molecule has 0 bridgehead atoms. The Morgan fingerprint density at radius 1 is 0.140 bits per heavy atom. The number of nitrogens with zero attached hydrogens (tertiary/aromatic N) is 5. The quantitative estimate of drug-likeness (QED) is 0.127. The predicted octanol–water partition coefficient (Wildman–Crippen LogP) is 25.1. The van der Waals surface area contributed by atoms with E-state index in [0.29, 0.717) is 0 Å². The van der Waals surface area contributed by atoms with E-state index in [1.807, 2.05) is 0 Å². The molecular weight excluding hydrogens is 1210 g/mol. The number of pyridine rings is 1. The molecule has 0 spiro atoms. The third-order valence-corrected chi connectivity index (χ3v) is 20.5. The summed E-state index contributed by atoms with van der Waals surface area (Å²) in [4.78, 5) is 5.54. The molecule has 0 saturated carbocycles. The fourth-order valence-electron chi connectivity index (χ4n) is 15.9. The lowest BCUT2D eigenvalue weighted by molar-refractivity contribution is 1.13. The molecule has 0 saturated heterocycles. The number of benzene rings is 15. The van der Waals surface area contributed by atoms with Gasteiger partial charge >= 0.3 is 0 Å². The molecule has 0 aliphatic rings. The molecular formula is C95H61N5. The Morgan fingerprint density at radius 2 is 0.340 bits per heavy atom. The van der Waals surface area contributed by atoms with E-state index >= 15 is 0 Å². The summed E-state index contributed by atoms with van der Waals surface area (Å²) in [7, 11) is 0. The van der Waals surface area contributed by atoms with Crippen molar-refractivity contribution in [2.45, 2.75) is 0 Å². The molecule has 0 unspecified atom stereocenters. The highest BCUT2D eigenvalue weighted by atomic mass is 15.0. The third kappa shape index (κ3) is 9.43. The van der Waals surface area contributed by atoms with Crippen molar-refractivity contribution in [1.82, 2.24) is 23.3 Å². The van der Waals surface area contributed by atoms with Gasteiger partial charge in [0.1, 0.15) is 0 Å². The minimum absolute atomic E-state index is 0.899. The molecule has 5 heterocycles. The number of fused-ring (bicyclic) bond motifs is 12.